The topological polar surface area (TPSA) is 29.5 Å². The molecule has 2 unspecified atom stereocenters. The first-order chi connectivity index (χ1) is 5.74. The van der Waals surface area contributed by atoms with Gasteiger partial charge in [-0.05, 0) is 25.2 Å². The van der Waals surface area contributed by atoms with Crippen molar-refractivity contribution >= 4 is 0 Å². The van der Waals surface area contributed by atoms with E-state index in [-0.39, 0.29) is 6.61 Å². The smallest absolute Gasteiger partial charge is 0.0627 e. The van der Waals surface area contributed by atoms with Gasteiger partial charge in [-0.2, -0.15) is 0 Å². The summed E-state index contributed by atoms with van der Waals surface area (Å²) in [5.41, 5.74) is 0. The van der Waals surface area contributed by atoms with Crippen molar-refractivity contribution in [2.24, 2.45) is 11.8 Å². The summed E-state index contributed by atoms with van der Waals surface area (Å²) in [7, 11) is 0. The van der Waals surface area contributed by atoms with Gasteiger partial charge in [0.1, 0.15) is 0 Å². The van der Waals surface area contributed by atoms with Crippen LogP contribution in [0.4, 0.5) is 0 Å². The lowest BCUT2D eigenvalue weighted by atomic mass is 9.89. The fraction of sp³-hybridized carbons (Fsp3) is 1.00. The van der Waals surface area contributed by atoms with E-state index in [4.69, 9.17) is 9.84 Å². The lowest BCUT2D eigenvalue weighted by Gasteiger charge is -2.31. The number of aliphatic hydroxyl groups is 1. The number of aliphatic hydroxyl groups excluding tert-OH is 1. The van der Waals surface area contributed by atoms with Crippen LogP contribution in [0.3, 0.4) is 0 Å². The highest BCUT2D eigenvalue weighted by Gasteiger charge is 2.25. The zero-order chi connectivity index (χ0) is 8.97. The zero-order valence-electron chi connectivity index (χ0n) is 8.12. The van der Waals surface area contributed by atoms with E-state index in [0.717, 1.165) is 25.9 Å². The van der Waals surface area contributed by atoms with Gasteiger partial charge in [0, 0.05) is 19.1 Å². The maximum absolute atomic E-state index is 9.09. The van der Waals surface area contributed by atoms with Gasteiger partial charge in [-0.3, -0.25) is 0 Å². The molecule has 12 heavy (non-hydrogen) atoms. The van der Waals surface area contributed by atoms with Crippen molar-refractivity contribution in [2.75, 3.05) is 13.2 Å². The van der Waals surface area contributed by atoms with E-state index >= 15 is 0 Å². The Balaban J connectivity index is 2.36. The number of ether oxygens (including phenoxy) is 1. The third-order valence-corrected chi connectivity index (χ3v) is 2.52. The molecular weight excluding hydrogens is 152 g/mol. The highest BCUT2D eigenvalue weighted by atomic mass is 16.5. The Morgan fingerprint density at radius 3 is 2.83 bits per heavy atom. The number of hydrogen-bond donors (Lipinski definition) is 1. The van der Waals surface area contributed by atoms with Crippen LogP contribution >= 0.6 is 0 Å². The van der Waals surface area contributed by atoms with Gasteiger partial charge in [-0.1, -0.05) is 13.8 Å². The monoisotopic (exact) mass is 172 g/mol. The van der Waals surface area contributed by atoms with Gasteiger partial charge >= 0.3 is 0 Å². The van der Waals surface area contributed by atoms with Crippen LogP contribution in [0.5, 0.6) is 0 Å². The summed E-state index contributed by atoms with van der Waals surface area (Å²) in [6.07, 6.45) is 3.64. The predicted molar refractivity (Wildman–Crippen MR) is 49.0 cm³/mol. The molecule has 1 rings (SSSR count). The van der Waals surface area contributed by atoms with Crippen LogP contribution in [0.25, 0.3) is 0 Å². The molecule has 72 valence electrons. The van der Waals surface area contributed by atoms with Gasteiger partial charge in [0.05, 0.1) is 6.10 Å². The molecule has 2 atom stereocenters. The summed E-state index contributed by atoms with van der Waals surface area (Å²) in [6.45, 7) is 5.57. The minimum absolute atomic E-state index is 0.289. The minimum Gasteiger partial charge on any atom is -0.396 e. The summed E-state index contributed by atoms with van der Waals surface area (Å²) in [5, 5.41) is 9.09. The second-order valence-corrected chi connectivity index (χ2v) is 4.12. The summed E-state index contributed by atoms with van der Waals surface area (Å²) in [5.74, 6) is 1.06. The van der Waals surface area contributed by atoms with Crippen LogP contribution < -0.4 is 0 Å². The van der Waals surface area contributed by atoms with Crippen molar-refractivity contribution in [3.05, 3.63) is 0 Å². The highest BCUT2D eigenvalue weighted by molar-refractivity contribution is 4.74. The quantitative estimate of drug-likeness (QED) is 0.703. The normalized spacial score (nSPS) is 31.0. The summed E-state index contributed by atoms with van der Waals surface area (Å²) < 4.78 is 5.63. The average molecular weight is 172 g/mol. The van der Waals surface area contributed by atoms with Crippen LogP contribution in [-0.2, 0) is 4.74 Å². The average Bonchev–Trinajstić information content (AvgIpc) is 2.04. The second-order valence-electron chi connectivity index (χ2n) is 4.12. The lowest BCUT2D eigenvalue weighted by Crippen LogP contribution is -2.32. The van der Waals surface area contributed by atoms with E-state index in [9.17, 15) is 0 Å². The number of hydrogen-bond acceptors (Lipinski definition) is 2. The Morgan fingerprint density at radius 2 is 2.25 bits per heavy atom. The van der Waals surface area contributed by atoms with E-state index in [2.05, 4.69) is 13.8 Å². The molecule has 0 aromatic carbocycles. The van der Waals surface area contributed by atoms with Crippen molar-refractivity contribution < 1.29 is 9.84 Å². The van der Waals surface area contributed by atoms with E-state index in [1.807, 2.05) is 0 Å². The fourth-order valence-corrected chi connectivity index (χ4v) is 1.84. The largest absolute Gasteiger partial charge is 0.396 e. The molecule has 0 aliphatic carbocycles. The highest BCUT2D eigenvalue weighted by Crippen LogP contribution is 2.25. The van der Waals surface area contributed by atoms with Crippen LogP contribution in [-0.4, -0.2) is 24.4 Å². The maximum atomic E-state index is 9.09. The first-order valence-corrected chi connectivity index (χ1v) is 4.96. The summed E-state index contributed by atoms with van der Waals surface area (Å²) >= 11 is 0. The molecule has 1 N–H and O–H groups in total. The molecule has 1 aliphatic heterocycles. The first-order valence-electron chi connectivity index (χ1n) is 4.96. The van der Waals surface area contributed by atoms with E-state index in [0.29, 0.717) is 17.9 Å². The molecule has 1 saturated heterocycles. The molecular formula is C10H20O2. The molecule has 0 saturated carbocycles. The fourth-order valence-electron chi connectivity index (χ4n) is 1.84. The second kappa shape index (κ2) is 4.83. The molecule has 0 aromatic heterocycles. The molecule has 1 fully saturated rings. The van der Waals surface area contributed by atoms with Crippen LogP contribution in [0.1, 0.15) is 33.1 Å². The molecule has 0 bridgehead atoms. The maximum Gasteiger partial charge on any atom is 0.0627 e. The minimum atomic E-state index is 0.289. The molecule has 0 amide bonds. The van der Waals surface area contributed by atoms with Crippen LogP contribution in [0.2, 0.25) is 0 Å². The third kappa shape index (κ3) is 2.76. The van der Waals surface area contributed by atoms with Crippen LogP contribution in [0.15, 0.2) is 0 Å². The van der Waals surface area contributed by atoms with Crippen LogP contribution in [0, 0.1) is 11.8 Å². The molecule has 0 spiro atoms. The molecule has 1 heterocycles. The van der Waals surface area contributed by atoms with Gasteiger partial charge in [0.25, 0.3) is 0 Å². The van der Waals surface area contributed by atoms with Crippen molar-refractivity contribution in [3.63, 3.8) is 0 Å². The summed E-state index contributed by atoms with van der Waals surface area (Å²) in [4.78, 5) is 0. The van der Waals surface area contributed by atoms with Gasteiger partial charge < -0.3 is 9.84 Å². The molecule has 0 aromatic rings. The van der Waals surface area contributed by atoms with E-state index in [1.54, 1.807) is 0 Å². The van der Waals surface area contributed by atoms with Gasteiger partial charge in [0.15, 0.2) is 0 Å². The van der Waals surface area contributed by atoms with Crippen molar-refractivity contribution in [1.29, 1.82) is 0 Å². The molecule has 2 heteroatoms. The standard InChI is InChI=1S/C10H20O2/c1-8(2)6-10-9(7-11)4-3-5-12-10/h8-11H,3-7H2,1-2H3. The molecule has 1 aliphatic rings. The third-order valence-electron chi connectivity index (χ3n) is 2.52. The predicted octanol–water partition coefficient (Wildman–Crippen LogP) is 1.82. The van der Waals surface area contributed by atoms with Gasteiger partial charge in [-0.15, -0.1) is 0 Å². The van der Waals surface area contributed by atoms with E-state index in [1.165, 1.54) is 0 Å². The van der Waals surface area contributed by atoms with Gasteiger partial charge in [-0.25, -0.2) is 0 Å². The Bertz CT molecular complexity index is 123. The van der Waals surface area contributed by atoms with Crippen molar-refractivity contribution in [3.8, 4) is 0 Å². The first kappa shape index (κ1) is 10.0. The zero-order valence-corrected chi connectivity index (χ0v) is 8.12. The van der Waals surface area contributed by atoms with Crippen molar-refractivity contribution in [2.45, 2.75) is 39.2 Å². The lowest BCUT2D eigenvalue weighted by molar-refractivity contribution is -0.0529. The SMILES string of the molecule is CC(C)CC1OCCCC1CO. The Kier molecular flexibility index (Phi) is 4.02. The molecule has 2 nitrogen and oxygen atoms in total. The number of rotatable bonds is 3. The summed E-state index contributed by atoms with van der Waals surface area (Å²) in [6, 6.07) is 0. The van der Waals surface area contributed by atoms with Gasteiger partial charge in [0.2, 0.25) is 0 Å². The molecule has 0 radical (unpaired) electrons. The Morgan fingerprint density at radius 1 is 1.50 bits per heavy atom. The Hall–Kier alpha value is -0.0800. The van der Waals surface area contributed by atoms with Crippen molar-refractivity contribution in [1.82, 2.24) is 0 Å². The van der Waals surface area contributed by atoms with E-state index < -0.39 is 0 Å². The Labute approximate surface area is 74.9 Å².